The lowest BCUT2D eigenvalue weighted by atomic mass is 9.73. The quantitative estimate of drug-likeness (QED) is 0.869. The Morgan fingerprint density at radius 3 is 2.83 bits per heavy atom. The van der Waals surface area contributed by atoms with Gasteiger partial charge >= 0.3 is 0 Å². The Bertz CT molecular complexity index is 409. The number of benzene rings is 1. The lowest BCUT2D eigenvalue weighted by molar-refractivity contribution is -0.0273. The second kappa shape index (κ2) is 5.02. The van der Waals surface area contributed by atoms with Crippen LogP contribution in [0.15, 0.2) is 24.3 Å². The Morgan fingerprint density at radius 2 is 2.00 bits per heavy atom. The highest BCUT2D eigenvalue weighted by atomic mass is 16.5. The molecule has 0 bridgehead atoms. The summed E-state index contributed by atoms with van der Waals surface area (Å²) < 4.78 is 5.41. The fraction of sp³-hybridized carbons (Fsp3) is 0.625. The van der Waals surface area contributed by atoms with Gasteiger partial charge in [0, 0.05) is 13.2 Å². The topological polar surface area (TPSA) is 29.5 Å². The van der Waals surface area contributed by atoms with E-state index in [1.807, 2.05) is 0 Å². The van der Waals surface area contributed by atoms with Gasteiger partial charge in [0.25, 0.3) is 0 Å². The zero-order chi connectivity index (χ0) is 12.4. The van der Waals surface area contributed by atoms with Crippen molar-refractivity contribution >= 4 is 0 Å². The van der Waals surface area contributed by atoms with Crippen LogP contribution >= 0.6 is 0 Å². The summed E-state index contributed by atoms with van der Waals surface area (Å²) in [6.45, 7) is 1.73. The van der Waals surface area contributed by atoms with Crippen molar-refractivity contribution in [2.24, 2.45) is 5.92 Å². The minimum absolute atomic E-state index is 0.586. The van der Waals surface area contributed by atoms with Crippen molar-refractivity contribution in [2.75, 3.05) is 13.2 Å². The molecule has 0 saturated carbocycles. The first-order valence-electron chi connectivity index (χ1n) is 7.16. The summed E-state index contributed by atoms with van der Waals surface area (Å²) in [6, 6.07) is 8.43. The third-order valence-electron chi connectivity index (χ3n) is 4.52. The molecule has 0 spiro atoms. The molecule has 2 nitrogen and oxygen atoms in total. The number of hydrogen-bond donors (Lipinski definition) is 1. The number of aliphatic hydroxyl groups is 1. The molecule has 0 radical (unpaired) electrons. The highest BCUT2D eigenvalue weighted by molar-refractivity contribution is 5.34. The molecule has 2 aliphatic rings. The van der Waals surface area contributed by atoms with Gasteiger partial charge in [-0.05, 0) is 55.6 Å². The standard InChI is InChI=1S/C16H22O2/c17-16(12-13-7-10-18-11-8-13)9-3-5-14-4-1-2-6-15(14)16/h1-2,4,6,13,17H,3,5,7-12H2. The fourth-order valence-electron chi connectivity index (χ4n) is 3.54. The van der Waals surface area contributed by atoms with Crippen LogP contribution in [0.4, 0.5) is 0 Å². The van der Waals surface area contributed by atoms with Crippen LogP contribution < -0.4 is 0 Å². The van der Waals surface area contributed by atoms with Crippen LogP contribution in [-0.2, 0) is 16.8 Å². The van der Waals surface area contributed by atoms with Crippen LogP contribution in [0.3, 0.4) is 0 Å². The first-order valence-corrected chi connectivity index (χ1v) is 7.16. The largest absolute Gasteiger partial charge is 0.385 e. The minimum Gasteiger partial charge on any atom is -0.385 e. The van der Waals surface area contributed by atoms with E-state index in [1.165, 1.54) is 11.1 Å². The Balaban J connectivity index is 1.81. The summed E-state index contributed by atoms with van der Waals surface area (Å²) >= 11 is 0. The molecule has 1 aromatic rings. The van der Waals surface area contributed by atoms with Gasteiger partial charge in [-0.1, -0.05) is 24.3 Å². The van der Waals surface area contributed by atoms with E-state index in [1.54, 1.807) is 0 Å². The third-order valence-corrected chi connectivity index (χ3v) is 4.52. The molecular weight excluding hydrogens is 224 g/mol. The summed E-state index contributed by atoms with van der Waals surface area (Å²) in [5, 5.41) is 11.0. The van der Waals surface area contributed by atoms with Crippen molar-refractivity contribution in [2.45, 2.75) is 44.1 Å². The van der Waals surface area contributed by atoms with Gasteiger partial charge in [-0.25, -0.2) is 0 Å². The van der Waals surface area contributed by atoms with E-state index in [2.05, 4.69) is 24.3 Å². The van der Waals surface area contributed by atoms with Gasteiger partial charge in [-0.2, -0.15) is 0 Å². The molecule has 1 aliphatic carbocycles. The van der Waals surface area contributed by atoms with Gasteiger partial charge in [0.15, 0.2) is 0 Å². The Hall–Kier alpha value is -0.860. The molecule has 1 unspecified atom stereocenters. The lowest BCUT2D eigenvalue weighted by Crippen LogP contribution is -2.34. The van der Waals surface area contributed by atoms with E-state index in [-0.39, 0.29) is 0 Å². The first-order chi connectivity index (χ1) is 8.78. The van der Waals surface area contributed by atoms with Crippen molar-refractivity contribution < 1.29 is 9.84 Å². The molecule has 1 heterocycles. The van der Waals surface area contributed by atoms with Crippen molar-refractivity contribution in [3.63, 3.8) is 0 Å². The maximum absolute atomic E-state index is 11.0. The van der Waals surface area contributed by atoms with E-state index < -0.39 is 5.60 Å². The van der Waals surface area contributed by atoms with E-state index in [0.29, 0.717) is 5.92 Å². The SMILES string of the molecule is OC1(CC2CCOCC2)CCCc2ccccc21. The zero-order valence-electron chi connectivity index (χ0n) is 10.9. The van der Waals surface area contributed by atoms with Gasteiger partial charge in [0.2, 0.25) is 0 Å². The van der Waals surface area contributed by atoms with E-state index in [4.69, 9.17) is 4.74 Å². The van der Waals surface area contributed by atoms with Crippen LogP contribution in [0.5, 0.6) is 0 Å². The number of ether oxygens (including phenoxy) is 1. The summed E-state index contributed by atoms with van der Waals surface area (Å²) in [5.41, 5.74) is 1.94. The average Bonchev–Trinajstić information content (AvgIpc) is 2.40. The number of fused-ring (bicyclic) bond motifs is 1. The Kier molecular flexibility index (Phi) is 3.40. The summed E-state index contributed by atoms with van der Waals surface area (Å²) in [5.74, 6) is 0.620. The second-order valence-corrected chi connectivity index (χ2v) is 5.80. The first kappa shape index (κ1) is 12.2. The van der Waals surface area contributed by atoms with E-state index >= 15 is 0 Å². The molecule has 1 atom stereocenters. The summed E-state index contributed by atoms with van der Waals surface area (Å²) in [4.78, 5) is 0. The van der Waals surface area contributed by atoms with Crippen LogP contribution in [0, 0.1) is 5.92 Å². The molecule has 3 rings (SSSR count). The van der Waals surface area contributed by atoms with Crippen LogP contribution in [0.25, 0.3) is 0 Å². The van der Waals surface area contributed by atoms with Crippen LogP contribution in [0.2, 0.25) is 0 Å². The monoisotopic (exact) mass is 246 g/mol. The second-order valence-electron chi connectivity index (χ2n) is 5.80. The molecule has 98 valence electrons. The Morgan fingerprint density at radius 1 is 1.22 bits per heavy atom. The van der Waals surface area contributed by atoms with Crippen LogP contribution in [0.1, 0.15) is 43.2 Å². The van der Waals surface area contributed by atoms with Crippen molar-refractivity contribution in [3.05, 3.63) is 35.4 Å². The molecule has 1 aliphatic heterocycles. The predicted molar refractivity (Wildman–Crippen MR) is 71.4 cm³/mol. The molecule has 1 aromatic carbocycles. The van der Waals surface area contributed by atoms with Gasteiger partial charge in [0.1, 0.15) is 0 Å². The molecule has 0 aromatic heterocycles. The number of aryl methyl sites for hydroxylation is 1. The maximum Gasteiger partial charge on any atom is 0.0902 e. The van der Waals surface area contributed by atoms with Crippen molar-refractivity contribution in [1.82, 2.24) is 0 Å². The third kappa shape index (κ3) is 2.32. The highest BCUT2D eigenvalue weighted by Crippen LogP contribution is 2.41. The number of hydrogen-bond acceptors (Lipinski definition) is 2. The van der Waals surface area contributed by atoms with Gasteiger partial charge < -0.3 is 9.84 Å². The fourth-order valence-corrected chi connectivity index (χ4v) is 3.54. The molecule has 1 N–H and O–H groups in total. The smallest absolute Gasteiger partial charge is 0.0902 e. The summed E-state index contributed by atoms with van der Waals surface area (Å²) in [7, 11) is 0. The molecular formula is C16H22O2. The van der Waals surface area contributed by atoms with Gasteiger partial charge in [-0.3, -0.25) is 0 Å². The Labute approximate surface area is 109 Å². The normalized spacial score (nSPS) is 28.9. The average molecular weight is 246 g/mol. The molecule has 2 heteroatoms. The van der Waals surface area contributed by atoms with Crippen molar-refractivity contribution in [1.29, 1.82) is 0 Å². The van der Waals surface area contributed by atoms with E-state index in [9.17, 15) is 5.11 Å². The maximum atomic E-state index is 11.0. The molecule has 18 heavy (non-hydrogen) atoms. The van der Waals surface area contributed by atoms with Crippen molar-refractivity contribution in [3.8, 4) is 0 Å². The van der Waals surface area contributed by atoms with Crippen LogP contribution in [-0.4, -0.2) is 18.3 Å². The van der Waals surface area contributed by atoms with Gasteiger partial charge in [-0.15, -0.1) is 0 Å². The predicted octanol–water partition coefficient (Wildman–Crippen LogP) is 3.03. The molecule has 1 fully saturated rings. The lowest BCUT2D eigenvalue weighted by Gasteiger charge is -2.38. The van der Waals surface area contributed by atoms with Gasteiger partial charge in [0.05, 0.1) is 5.60 Å². The van der Waals surface area contributed by atoms with E-state index in [0.717, 1.165) is 51.7 Å². The minimum atomic E-state index is -0.586. The molecule has 0 amide bonds. The summed E-state index contributed by atoms with van der Waals surface area (Å²) in [6.07, 6.45) is 6.26. The number of rotatable bonds is 2. The zero-order valence-corrected chi connectivity index (χ0v) is 10.9. The highest BCUT2D eigenvalue weighted by Gasteiger charge is 2.36. The molecule has 1 saturated heterocycles.